The highest BCUT2D eigenvalue weighted by molar-refractivity contribution is 5.75. The number of hydrogen-bond acceptors (Lipinski definition) is 6. The molecule has 3 aromatic rings. The van der Waals surface area contributed by atoms with Crippen molar-refractivity contribution in [2.45, 2.75) is 300 Å². The van der Waals surface area contributed by atoms with E-state index in [9.17, 15) is 9.59 Å². The van der Waals surface area contributed by atoms with Crippen LogP contribution >= 0.6 is 0 Å². The summed E-state index contributed by atoms with van der Waals surface area (Å²) < 4.78 is 26.7. The molecule has 6 heteroatoms. The first-order chi connectivity index (χ1) is 48.4. The van der Waals surface area contributed by atoms with Crippen molar-refractivity contribution in [3.05, 3.63) is 117 Å². The average molecular weight is 1360 g/mol. The first kappa shape index (κ1) is 76.3. The molecule has 0 aliphatic heterocycles. The first-order valence-corrected chi connectivity index (χ1v) is 41.6. The predicted molar refractivity (Wildman–Crippen MR) is 414 cm³/mol. The number of rotatable bonds is 34. The van der Waals surface area contributed by atoms with Gasteiger partial charge in [0.1, 0.15) is 24.1 Å². The zero-order valence-electron chi connectivity index (χ0n) is 64.5. The van der Waals surface area contributed by atoms with Crippen molar-refractivity contribution < 1.29 is 28.5 Å². The molecular weight excluding hydrogens is 1230 g/mol. The number of carbonyl (C=O) groups excluding carboxylic acids is 2. The Morgan fingerprint density at radius 1 is 0.420 bits per heavy atom. The van der Waals surface area contributed by atoms with E-state index < -0.39 is 0 Å². The molecule has 0 radical (unpaired) electrons. The Hall–Kier alpha value is -4.88. The van der Waals surface area contributed by atoms with E-state index in [2.05, 4.69) is 105 Å². The van der Waals surface area contributed by atoms with E-state index in [1.165, 1.54) is 167 Å². The average Bonchev–Trinajstić information content (AvgIpc) is 1.38. The standard InChI is InChI=1S/C94H134O6/c1-67(2)25-23-27-69(5)83-45-47-85-81-43-41-77-63-79(49-53-91(77,7)87(81)51-55-93(83,85)9)97-57-19-15-11-13-17-21-59-99-89-61-76(40-38-72-31-35-74(66-96)36-32-72)90(62-75(89)39-37-71-29-33-73(65-95)34-30-71)100-60-22-18-14-12-16-20-58-98-80-50-54-92(8)78(64-80)42-44-82-86-48-46-84(70(6)28-24-26-68(3)4)94(86,10)56-52-88(82)92/h29-36,41-42,61-62,65-70,79-88H,11-28,43-60,63-64H2,1-10H3/t69?,70?,79-,80-,81?,82?,83?,84?,85?,86?,87?,88?,91-,92-,93+,94+/m0/s1. The molecular formula is C94H134O6. The van der Waals surface area contributed by atoms with Gasteiger partial charge in [-0.3, -0.25) is 9.59 Å². The second kappa shape index (κ2) is 35.7. The molecule has 8 aliphatic carbocycles. The van der Waals surface area contributed by atoms with E-state index in [1.807, 2.05) is 36.4 Å². The number of carbonyl (C=O) groups is 2. The lowest BCUT2D eigenvalue weighted by molar-refractivity contribution is -0.0641. The van der Waals surface area contributed by atoms with Gasteiger partial charge in [0.2, 0.25) is 0 Å². The Labute approximate surface area is 609 Å². The Morgan fingerprint density at radius 2 is 0.800 bits per heavy atom. The second-order valence-electron chi connectivity index (χ2n) is 35.8. The van der Waals surface area contributed by atoms with Gasteiger partial charge in [0.15, 0.2) is 0 Å². The quantitative estimate of drug-likeness (QED) is 0.0257. The maximum Gasteiger partial charge on any atom is 0.150 e. The highest BCUT2D eigenvalue weighted by atomic mass is 16.5. The van der Waals surface area contributed by atoms with Crippen molar-refractivity contribution in [3.63, 3.8) is 0 Å². The third-order valence-electron chi connectivity index (χ3n) is 28.7. The lowest BCUT2D eigenvalue weighted by Crippen LogP contribution is -2.51. The molecule has 3 aromatic carbocycles. The van der Waals surface area contributed by atoms with E-state index >= 15 is 0 Å². The van der Waals surface area contributed by atoms with Gasteiger partial charge in [-0.25, -0.2) is 0 Å². The van der Waals surface area contributed by atoms with E-state index in [0.29, 0.717) is 69.7 Å². The molecule has 546 valence electrons. The Balaban J connectivity index is 0.611. The summed E-state index contributed by atoms with van der Waals surface area (Å²) in [6, 6.07) is 18.8. The predicted octanol–water partition coefficient (Wildman–Crippen LogP) is 24.4. The van der Waals surface area contributed by atoms with Crippen molar-refractivity contribution in [3.8, 4) is 35.2 Å². The Kier molecular flexibility index (Phi) is 27.3. The summed E-state index contributed by atoms with van der Waals surface area (Å²) >= 11 is 0. The third kappa shape index (κ3) is 18.4. The van der Waals surface area contributed by atoms with Crippen molar-refractivity contribution in [1.29, 1.82) is 0 Å². The Morgan fingerprint density at radius 3 is 1.18 bits per heavy atom. The van der Waals surface area contributed by atoms with Crippen molar-refractivity contribution >= 4 is 12.6 Å². The maximum absolute atomic E-state index is 11.5. The molecule has 0 amide bonds. The summed E-state index contributed by atoms with van der Waals surface area (Å²) in [6.45, 7) is 28.4. The fourth-order valence-corrected chi connectivity index (χ4v) is 22.8. The number of benzene rings is 3. The lowest BCUT2D eigenvalue weighted by atomic mass is 9.47. The van der Waals surface area contributed by atoms with Gasteiger partial charge < -0.3 is 18.9 Å². The van der Waals surface area contributed by atoms with Gasteiger partial charge in [-0.1, -0.05) is 230 Å². The van der Waals surface area contributed by atoms with Crippen LogP contribution in [-0.2, 0) is 9.47 Å². The van der Waals surface area contributed by atoms with Gasteiger partial charge in [0, 0.05) is 47.6 Å². The van der Waals surface area contributed by atoms with Crippen LogP contribution in [0.25, 0.3) is 0 Å². The van der Waals surface area contributed by atoms with Gasteiger partial charge in [0.05, 0.1) is 36.5 Å². The van der Waals surface area contributed by atoms with Crippen molar-refractivity contribution in [1.82, 2.24) is 0 Å². The van der Waals surface area contributed by atoms with Gasteiger partial charge in [-0.2, -0.15) is 0 Å². The van der Waals surface area contributed by atoms with E-state index in [-0.39, 0.29) is 0 Å². The fraction of sp³-hybridized carbons (Fsp3) is 0.702. The number of allylic oxidation sites excluding steroid dienone is 2. The summed E-state index contributed by atoms with van der Waals surface area (Å²) in [4.78, 5) is 23.0. The molecule has 10 unspecified atom stereocenters. The van der Waals surface area contributed by atoms with Crippen LogP contribution < -0.4 is 9.47 Å². The third-order valence-corrected chi connectivity index (χ3v) is 28.7. The normalized spacial score (nSPS) is 30.9. The lowest BCUT2D eigenvalue weighted by Gasteiger charge is -2.58. The summed E-state index contributed by atoms with van der Waals surface area (Å²) in [5.74, 6) is 25.4. The van der Waals surface area contributed by atoms with Crippen LogP contribution in [0.1, 0.15) is 331 Å². The maximum atomic E-state index is 11.5. The number of fused-ring (bicyclic) bond motifs is 10. The molecule has 16 atom stereocenters. The largest absolute Gasteiger partial charge is 0.492 e. The highest BCUT2D eigenvalue weighted by Crippen LogP contribution is 2.69. The van der Waals surface area contributed by atoms with Crippen LogP contribution in [0.3, 0.4) is 0 Å². The molecule has 8 aliphatic rings. The Bertz CT molecular complexity index is 3090. The first-order valence-electron chi connectivity index (χ1n) is 41.6. The van der Waals surface area contributed by atoms with Gasteiger partial charge in [-0.15, -0.1) is 0 Å². The summed E-state index contributed by atoms with van der Waals surface area (Å²) in [5, 5.41) is 0. The molecule has 0 aromatic heterocycles. The molecule has 6 fully saturated rings. The second-order valence-corrected chi connectivity index (χ2v) is 35.8. The van der Waals surface area contributed by atoms with Crippen molar-refractivity contribution in [2.75, 3.05) is 26.4 Å². The highest BCUT2D eigenvalue weighted by Gasteiger charge is 2.61. The number of aldehydes is 2. The van der Waals surface area contributed by atoms with Gasteiger partial charge >= 0.3 is 0 Å². The number of unbranched alkanes of at least 4 members (excludes halogenated alkanes) is 10. The molecule has 100 heavy (non-hydrogen) atoms. The molecule has 0 N–H and O–H groups in total. The van der Waals surface area contributed by atoms with Crippen LogP contribution in [-0.4, -0.2) is 51.2 Å². The zero-order valence-corrected chi connectivity index (χ0v) is 64.5. The summed E-state index contributed by atoms with van der Waals surface area (Å²) in [5.41, 5.74) is 9.69. The molecule has 0 spiro atoms. The van der Waals surface area contributed by atoms with Crippen LogP contribution in [0, 0.1) is 116 Å². The zero-order chi connectivity index (χ0) is 70.3. The smallest absolute Gasteiger partial charge is 0.150 e. The van der Waals surface area contributed by atoms with Crippen molar-refractivity contribution in [2.24, 2.45) is 92.7 Å². The minimum atomic E-state index is 0.369. The fourth-order valence-electron chi connectivity index (χ4n) is 22.8. The van der Waals surface area contributed by atoms with E-state index in [0.717, 1.165) is 170 Å². The van der Waals surface area contributed by atoms with Crippen LogP contribution in [0.4, 0.5) is 0 Å². The van der Waals surface area contributed by atoms with Crippen LogP contribution in [0.5, 0.6) is 11.5 Å². The minimum Gasteiger partial charge on any atom is -0.492 e. The minimum absolute atomic E-state index is 0.369. The monoisotopic (exact) mass is 1360 g/mol. The van der Waals surface area contributed by atoms with Crippen LogP contribution in [0.2, 0.25) is 0 Å². The SMILES string of the molecule is CC(C)CCCC(C)C1CCC2C3CC=C4C[C@@H](OCCCCCCCCOc5cc(C#Cc6ccc(C=O)cc6)c(OCCCCCCCCO[C@H]6CC[C@@]7(C)C(=CCC8C9CCC(C(C)CCCC(C)C)[C@@]9(C)CCC87)C6)cc5C#Cc5ccc(C=O)cc5)CC[C@]4(C)C3CC[C@]12C. The molecule has 6 nitrogen and oxygen atoms in total. The molecule has 6 saturated carbocycles. The van der Waals surface area contributed by atoms with E-state index in [1.54, 1.807) is 35.4 Å². The van der Waals surface area contributed by atoms with E-state index in [4.69, 9.17) is 18.9 Å². The molecule has 0 saturated heterocycles. The number of hydrogen-bond donors (Lipinski definition) is 0. The van der Waals surface area contributed by atoms with Gasteiger partial charge in [-0.05, 0) is 245 Å². The topological polar surface area (TPSA) is 71.1 Å². The molecule has 0 bridgehead atoms. The van der Waals surface area contributed by atoms with Crippen LogP contribution in [0.15, 0.2) is 84.0 Å². The number of ether oxygens (including phenoxy) is 4. The summed E-state index contributed by atoms with van der Waals surface area (Å²) in [7, 11) is 0. The molecule has 11 rings (SSSR count). The van der Waals surface area contributed by atoms with Gasteiger partial charge in [0.25, 0.3) is 0 Å². The molecule has 0 heterocycles. The summed E-state index contributed by atoms with van der Waals surface area (Å²) in [6.07, 6.45) is 51.4.